The van der Waals surface area contributed by atoms with E-state index in [1.165, 1.54) is 0 Å². The molecule has 4 heteroatoms. The van der Waals surface area contributed by atoms with Crippen molar-refractivity contribution in [2.45, 2.75) is 0 Å². The van der Waals surface area contributed by atoms with E-state index < -0.39 is 0 Å². The van der Waals surface area contributed by atoms with E-state index in [2.05, 4.69) is 10.2 Å². The highest BCUT2D eigenvalue weighted by Crippen LogP contribution is 2.27. The summed E-state index contributed by atoms with van der Waals surface area (Å²) in [6, 6.07) is 0. The lowest BCUT2D eigenvalue weighted by Crippen LogP contribution is -2.20. The van der Waals surface area contributed by atoms with E-state index in [9.17, 15) is 4.79 Å². The number of azo groups is 1. The van der Waals surface area contributed by atoms with Crippen molar-refractivity contribution in [3.63, 3.8) is 0 Å². The molecule has 0 radical (unpaired) electrons. The largest absolute Gasteiger partial charge is 0.325 e. The minimum atomic E-state index is -0.263. The molecule has 0 saturated carbocycles. The first-order chi connectivity index (χ1) is 6.33. The molecule has 2 N–H and O–H groups in total. The molecule has 1 aliphatic carbocycles. The summed E-state index contributed by atoms with van der Waals surface area (Å²) in [5.41, 5.74) is 7.05. The van der Waals surface area contributed by atoms with Crippen LogP contribution in [0.25, 0.3) is 0 Å². The van der Waals surface area contributed by atoms with Gasteiger partial charge in [0.1, 0.15) is 0 Å². The zero-order valence-electron chi connectivity index (χ0n) is 6.97. The average Bonchev–Trinajstić information content (AvgIpc) is 2.19. The molecular weight excluding hydrogens is 166 g/mol. The maximum absolute atomic E-state index is 11.3. The van der Waals surface area contributed by atoms with Gasteiger partial charge in [-0.1, -0.05) is 24.3 Å². The van der Waals surface area contributed by atoms with Crippen LogP contribution >= 0.6 is 0 Å². The Morgan fingerprint density at radius 1 is 1.38 bits per heavy atom. The maximum Gasteiger partial charge on any atom is 0.275 e. The Hall–Kier alpha value is -1.55. The van der Waals surface area contributed by atoms with Gasteiger partial charge in [-0.3, -0.25) is 4.79 Å². The molecule has 2 rings (SSSR count). The van der Waals surface area contributed by atoms with Crippen molar-refractivity contribution in [2.75, 3.05) is 6.54 Å². The second-order valence-corrected chi connectivity index (χ2v) is 2.87. The third-order valence-corrected chi connectivity index (χ3v) is 2.09. The molecule has 1 heterocycles. The quantitative estimate of drug-likeness (QED) is 0.644. The van der Waals surface area contributed by atoms with Gasteiger partial charge in [-0.2, -0.15) is 5.11 Å². The smallest absolute Gasteiger partial charge is 0.275 e. The number of carbonyl (C=O) groups is 1. The highest BCUT2D eigenvalue weighted by molar-refractivity contribution is 5.86. The number of amides is 1. The molecule has 0 fully saturated rings. The van der Waals surface area contributed by atoms with Crippen molar-refractivity contribution in [2.24, 2.45) is 21.9 Å². The summed E-state index contributed by atoms with van der Waals surface area (Å²) in [6.07, 6.45) is 7.38. The number of carbonyl (C=O) groups excluding carboxylic acids is 1. The number of hydrogen-bond acceptors (Lipinski definition) is 3. The zero-order chi connectivity index (χ0) is 9.26. The molecule has 0 saturated heterocycles. The Labute approximate surface area is 75.5 Å². The highest BCUT2D eigenvalue weighted by atomic mass is 16.2. The van der Waals surface area contributed by atoms with Crippen molar-refractivity contribution in [3.05, 3.63) is 35.6 Å². The SMILES string of the molecule is NCC1=C2C=CC=CC2C(=O)N=N1. The van der Waals surface area contributed by atoms with Gasteiger partial charge in [0.05, 0.1) is 11.6 Å². The van der Waals surface area contributed by atoms with Crippen molar-refractivity contribution in [1.82, 2.24) is 0 Å². The molecule has 0 spiro atoms. The monoisotopic (exact) mass is 175 g/mol. The summed E-state index contributed by atoms with van der Waals surface area (Å²) in [6.45, 7) is 0.320. The first-order valence-corrected chi connectivity index (χ1v) is 4.06. The fraction of sp³-hybridized carbons (Fsp3) is 0.222. The Bertz CT molecular complexity index is 363. The Morgan fingerprint density at radius 3 is 3.00 bits per heavy atom. The van der Waals surface area contributed by atoms with E-state index in [1.807, 2.05) is 24.3 Å². The third-order valence-electron chi connectivity index (χ3n) is 2.09. The van der Waals surface area contributed by atoms with Gasteiger partial charge in [-0.05, 0) is 5.57 Å². The number of hydrogen-bond donors (Lipinski definition) is 1. The molecule has 66 valence electrons. The molecule has 1 aliphatic heterocycles. The lowest BCUT2D eigenvalue weighted by atomic mass is 9.91. The van der Waals surface area contributed by atoms with Gasteiger partial charge in [0.15, 0.2) is 0 Å². The van der Waals surface area contributed by atoms with Crippen molar-refractivity contribution in [1.29, 1.82) is 0 Å². The van der Waals surface area contributed by atoms with E-state index in [4.69, 9.17) is 5.73 Å². The number of nitrogens with two attached hydrogens (primary N) is 1. The Balaban J connectivity index is 2.48. The normalized spacial score (nSPS) is 25.3. The summed E-state index contributed by atoms with van der Waals surface area (Å²) in [7, 11) is 0. The molecule has 0 aromatic carbocycles. The average molecular weight is 175 g/mol. The molecule has 4 nitrogen and oxygen atoms in total. The topological polar surface area (TPSA) is 67.8 Å². The zero-order valence-corrected chi connectivity index (χ0v) is 6.97. The standard InChI is InChI=1S/C9H9N3O/c10-5-8-6-3-1-2-4-7(6)9(13)12-11-8/h1-4,7H,5,10H2. The molecule has 1 amide bonds. The first-order valence-electron chi connectivity index (χ1n) is 4.06. The van der Waals surface area contributed by atoms with E-state index in [-0.39, 0.29) is 11.8 Å². The lowest BCUT2D eigenvalue weighted by molar-refractivity contribution is -0.120. The first kappa shape index (κ1) is 8.07. The summed E-state index contributed by atoms with van der Waals surface area (Å²) in [5, 5.41) is 7.29. The predicted molar refractivity (Wildman–Crippen MR) is 47.7 cm³/mol. The summed E-state index contributed by atoms with van der Waals surface area (Å²) >= 11 is 0. The Kier molecular flexibility index (Phi) is 1.90. The van der Waals surface area contributed by atoms with Crippen LogP contribution in [0.3, 0.4) is 0 Å². The summed E-state index contributed by atoms with van der Waals surface area (Å²) in [5.74, 6) is -0.478. The number of fused-ring (bicyclic) bond motifs is 1. The van der Waals surface area contributed by atoms with Crippen LogP contribution in [0, 0.1) is 5.92 Å². The second-order valence-electron chi connectivity index (χ2n) is 2.87. The minimum absolute atomic E-state index is 0.215. The van der Waals surface area contributed by atoms with Crippen LogP contribution < -0.4 is 5.73 Å². The number of rotatable bonds is 1. The molecular formula is C9H9N3O. The van der Waals surface area contributed by atoms with Crippen molar-refractivity contribution < 1.29 is 4.79 Å². The second kappa shape index (κ2) is 3.06. The van der Waals surface area contributed by atoms with Crippen LogP contribution in [0.15, 0.2) is 45.8 Å². The van der Waals surface area contributed by atoms with Crippen molar-refractivity contribution in [3.8, 4) is 0 Å². The number of allylic oxidation sites excluding steroid dienone is 3. The maximum atomic E-state index is 11.3. The van der Waals surface area contributed by atoms with E-state index in [0.29, 0.717) is 12.2 Å². The van der Waals surface area contributed by atoms with Gasteiger partial charge in [0.2, 0.25) is 0 Å². The fourth-order valence-electron chi connectivity index (χ4n) is 1.42. The highest BCUT2D eigenvalue weighted by Gasteiger charge is 2.26. The predicted octanol–water partition coefficient (Wildman–Crippen LogP) is 0.934. The fourth-order valence-corrected chi connectivity index (χ4v) is 1.42. The molecule has 2 aliphatic rings. The minimum Gasteiger partial charge on any atom is -0.325 e. The molecule has 13 heavy (non-hydrogen) atoms. The number of nitrogens with zero attached hydrogens (tertiary/aromatic N) is 2. The van der Waals surface area contributed by atoms with E-state index in [1.54, 1.807) is 0 Å². The summed E-state index contributed by atoms with van der Waals surface area (Å²) in [4.78, 5) is 11.3. The van der Waals surface area contributed by atoms with Crippen LogP contribution in [0.4, 0.5) is 0 Å². The van der Waals surface area contributed by atoms with Gasteiger partial charge >= 0.3 is 0 Å². The molecule has 0 aromatic rings. The van der Waals surface area contributed by atoms with Gasteiger partial charge < -0.3 is 5.73 Å². The van der Waals surface area contributed by atoms with Gasteiger partial charge in [-0.15, -0.1) is 5.11 Å². The van der Waals surface area contributed by atoms with Crippen LogP contribution in [0.2, 0.25) is 0 Å². The van der Waals surface area contributed by atoms with E-state index in [0.717, 1.165) is 5.57 Å². The van der Waals surface area contributed by atoms with Crippen LogP contribution in [-0.4, -0.2) is 12.5 Å². The van der Waals surface area contributed by atoms with Gasteiger partial charge in [0.25, 0.3) is 5.91 Å². The van der Waals surface area contributed by atoms with Crippen LogP contribution in [0.1, 0.15) is 0 Å². The van der Waals surface area contributed by atoms with Gasteiger partial charge in [0, 0.05) is 6.54 Å². The molecule has 0 aromatic heterocycles. The third kappa shape index (κ3) is 1.25. The lowest BCUT2D eigenvalue weighted by Gasteiger charge is -2.18. The van der Waals surface area contributed by atoms with Crippen LogP contribution in [0.5, 0.6) is 0 Å². The van der Waals surface area contributed by atoms with Crippen molar-refractivity contribution >= 4 is 5.91 Å². The molecule has 0 bridgehead atoms. The van der Waals surface area contributed by atoms with Gasteiger partial charge in [-0.25, -0.2) is 0 Å². The molecule has 1 atom stereocenters. The van der Waals surface area contributed by atoms with Crippen LogP contribution in [-0.2, 0) is 4.79 Å². The molecule has 1 unspecified atom stereocenters. The Morgan fingerprint density at radius 2 is 2.23 bits per heavy atom. The van der Waals surface area contributed by atoms with E-state index >= 15 is 0 Å². The summed E-state index contributed by atoms with van der Waals surface area (Å²) < 4.78 is 0.